The number of anilines is 3. The van der Waals surface area contributed by atoms with Crippen molar-refractivity contribution in [2.75, 3.05) is 17.7 Å². The fourth-order valence-electron chi connectivity index (χ4n) is 2.10. The van der Waals surface area contributed by atoms with Crippen LogP contribution in [0.1, 0.15) is 32.4 Å². The molecular weight excluding hydrogens is 252 g/mol. The van der Waals surface area contributed by atoms with Crippen molar-refractivity contribution in [1.82, 2.24) is 9.78 Å². The molecule has 0 aliphatic carbocycles. The molecule has 108 valence electrons. The molecule has 0 aliphatic heterocycles. The highest BCUT2D eigenvalue weighted by atomic mass is 16.5. The van der Waals surface area contributed by atoms with E-state index in [9.17, 15) is 0 Å². The zero-order valence-electron chi connectivity index (χ0n) is 12.5. The fraction of sp³-hybridized carbons (Fsp3) is 0.400. The minimum atomic E-state index is 0.298. The molecule has 5 nitrogen and oxygen atoms in total. The molecule has 2 rings (SSSR count). The first kappa shape index (κ1) is 14.2. The Morgan fingerprint density at radius 2 is 2.15 bits per heavy atom. The molecular formula is C15H22N4O. The second-order valence-corrected chi connectivity index (χ2v) is 5.01. The summed E-state index contributed by atoms with van der Waals surface area (Å²) < 4.78 is 7.27. The molecule has 0 fully saturated rings. The summed E-state index contributed by atoms with van der Waals surface area (Å²) in [5.41, 5.74) is 8.72. The van der Waals surface area contributed by atoms with Crippen LogP contribution in [0, 0.1) is 0 Å². The summed E-state index contributed by atoms with van der Waals surface area (Å²) in [6.07, 6.45) is 0. The van der Waals surface area contributed by atoms with Gasteiger partial charge < -0.3 is 15.8 Å². The second-order valence-electron chi connectivity index (χ2n) is 5.01. The smallest absolute Gasteiger partial charge is 0.152 e. The minimum absolute atomic E-state index is 0.298. The van der Waals surface area contributed by atoms with Crippen molar-refractivity contribution < 1.29 is 4.74 Å². The van der Waals surface area contributed by atoms with Gasteiger partial charge in [-0.05, 0) is 25.0 Å². The number of aryl methyl sites for hydroxylation is 1. The van der Waals surface area contributed by atoms with Crippen LogP contribution in [0.15, 0.2) is 24.3 Å². The summed E-state index contributed by atoms with van der Waals surface area (Å²) in [6, 6.07) is 7.80. The number of aromatic nitrogens is 2. The number of hydrogen-bond acceptors (Lipinski definition) is 4. The topological polar surface area (TPSA) is 65.1 Å². The summed E-state index contributed by atoms with van der Waals surface area (Å²) in [6.45, 7) is 6.78. The summed E-state index contributed by atoms with van der Waals surface area (Å²) >= 11 is 0. The zero-order valence-corrected chi connectivity index (χ0v) is 12.5. The SMILES string of the molecule is CCOc1cccc(Nc2c(N)c(C(C)C)nn2C)c1. The van der Waals surface area contributed by atoms with Crippen molar-refractivity contribution in [3.63, 3.8) is 0 Å². The number of nitrogen functional groups attached to an aromatic ring is 1. The molecule has 0 saturated heterocycles. The van der Waals surface area contributed by atoms with Gasteiger partial charge in [0.2, 0.25) is 0 Å². The van der Waals surface area contributed by atoms with Gasteiger partial charge in [-0.3, -0.25) is 4.68 Å². The van der Waals surface area contributed by atoms with E-state index in [-0.39, 0.29) is 0 Å². The highest BCUT2D eigenvalue weighted by molar-refractivity contribution is 5.72. The van der Waals surface area contributed by atoms with Gasteiger partial charge in [0.15, 0.2) is 5.82 Å². The van der Waals surface area contributed by atoms with E-state index >= 15 is 0 Å². The molecule has 1 heterocycles. The van der Waals surface area contributed by atoms with Gasteiger partial charge >= 0.3 is 0 Å². The van der Waals surface area contributed by atoms with E-state index in [0.717, 1.165) is 22.9 Å². The first-order chi connectivity index (χ1) is 9.52. The first-order valence-electron chi connectivity index (χ1n) is 6.85. The lowest BCUT2D eigenvalue weighted by Gasteiger charge is -2.10. The third-order valence-electron chi connectivity index (χ3n) is 3.07. The average molecular weight is 274 g/mol. The highest BCUT2D eigenvalue weighted by Crippen LogP contribution is 2.30. The quantitative estimate of drug-likeness (QED) is 0.878. The lowest BCUT2D eigenvalue weighted by Crippen LogP contribution is -2.01. The number of rotatable bonds is 5. The molecule has 20 heavy (non-hydrogen) atoms. The Balaban J connectivity index is 2.28. The van der Waals surface area contributed by atoms with E-state index in [1.807, 2.05) is 38.2 Å². The lowest BCUT2D eigenvalue weighted by atomic mass is 10.1. The Hall–Kier alpha value is -2.17. The van der Waals surface area contributed by atoms with Gasteiger partial charge in [0.1, 0.15) is 5.75 Å². The van der Waals surface area contributed by atoms with Gasteiger partial charge in [-0.15, -0.1) is 0 Å². The molecule has 0 aliphatic rings. The molecule has 0 radical (unpaired) electrons. The van der Waals surface area contributed by atoms with Crippen LogP contribution in [0.4, 0.5) is 17.2 Å². The third kappa shape index (κ3) is 2.87. The lowest BCUT2D eigenvalue weighted by molar-refractivity contribution is 0.340. The predicted molar refractivity (Wildman–Crippen MR) is 82.6 cm³/mol. The van der Waals surface area contributed by atoms with E-state index in [1.165, 1.54) is 0 Å². The Bertz CT molecular complexity index is 590. The van der Waals surface area contributed by atoms with Crippen molar-refractivity contribution in [2.45, 2.75) is 26.7 Å². The molecule has 0 saturated carbocycles. The summed E-state index contributed by atoms with van der Waals surface area (Å²) in [5, 5.41) is 7.77. The van der Waals surface area contributed by atoms with Crippen LogP contribution >= 0.6 is 0 Å². The monoisotopic (exact) mass is 274 g/mol. The molecule has 0 atom stereocenters. The zero-order chi connectivity index (χ0) is 14.7. The van der Waals surface area contributed by atoms with Gasteiger partial charge in [0.05, 0.1) is 18.0 Å². The van der Waals surface area contributed by atoms with Gasteiger partial charge in [0, 0.05) is 18.8 Å². The van der Waals surface area contributed by atoms with Crippen LogP contribution in [0.5, 0.6) is 5.75 Å². The molecule has 0 bridgehead atoms. The van der Waals surface area contributed by atoms with Crippen molar-refractivity contribution in [2.24, 2.45) is 7.05 Å². The molecule has 0 amide bonds. The third-order valence-corrected chi connectivity index (χ3v) is 3.07. The number of nitrogens with one attached hydrogen (secondary N) is 1. The van der Waals surface area contributed by atoms with Crippen molar-refractivity contribution in [1.29, 1.82) is 0 Å². The van der Waals surface area contributed by atoms with E-state index in [0.29, 0.717) is 18.2 Å². The number of ether oxygens (including phenoxy) is 1. The molecule has 2 aromatic rings. The summed E-state index contributed by atoms with van der Waals surface area (Å²) in [7, 11) is 1.89. The second kappa shape index (κ2) is 5.86. The highest BCUT2D eigenvalue weighted by Gasteiger charge is 2.16. The first-order valence-corrected chi connectivity index (χ1v) is 6.85. The van der Waals surface area contributed by atoms with E-state index in [2.05, 4.69) is 24.3 Å². The van der Waals surface area contributed by atoms with Gasteiger partial charge in [-0.2, -0.15) is 5.10 Å². The molecule has 1 aromatic carbocycles. The van der Waals surface area contributed by atoms with E-state index in [1.54, 1.807) is 4.68 Å². The fourth-order valence-corrected chi connectivity index (χ4v) is 2.10. The maximum absolute atomic E-state index is 6.17. The summed E-state index contributed by atoms with van der Waals surface area (Å²) in [4.78, 5) is 0. The number of hydrogen-bond donors (Lipinski definition) is 2. The number of nitrogens with two attached hydrogens (primary N) is 1. The van der Waals surface area contributed by atoms with Crippen LogP contribution in [-0.4, -0.2) is 16.4 Å². The summed E-state index contributed by atoms with van der Waals surface area (Å²) in [5.74, 6) is 1.94. The van der Waals surface area contributed by atoms with Gasteiger partial charge in [-0.1, -0.05) is 19.9 Å². The van der Waals surface area contributed by atoms with Crippen LogP contribution in [0.25, 0.3) is 0 Å². The van der Waals surface area contributed by atoms with Crippen molar-refractivity contribution >= 4 is 17.2 Å². The molecule has 0 unspecified atom stereocenters. The molecule has 1 aromatic heterocycles. The standard InChI is InChI=1S/C15H22N4O/c1-5-20-12-8-6-7-11(9-12)17-15-13(16)14(10(2)3)18-19(15)4/h6-10,17H,5,16H2,1-4H3. The van der Waals surface area contributed by atoms with Gasteiger partial charge in [0.25, 0.3) is 0 Å². The van der Waals surface area contributed by atoms with E-state index in [4.69, 9.17) is 10.5 Å². The molecule has 0 spiro atoms. The van der Waals surface area contributed by atoms with Crippen molar-refractivity contribution in [3.05, 3.63) is 30.0 Å². The number of nitrogens with zero attached hydrogens (tertiary/aromatic N) is 2. The van der Waals surface area contributed by atoms with Crippen LogP contribution < -0.4 is 15.8 Å². The minimum Gasteiger partial charge on any atom is -0.494 e. The Kier molecular flexibility index (Phi) is 4.17. The average Bonchev–Trinajstić information content (AvgIpc) is 2.68. The Morgan fingerprint density at radius 3 is 2.75 bits per heavy atom. The van der Waals surface area contributed by atoms with Gasteiger partial charge in [-0.25, -0.2) is 0 Å². The Morgan fingerprint density at radius 1 is 1.40 bits per heavy atom. The maximum atomic E-state index is 6.17. The van der Waals surface area contributed by atoms with Crippen LogP contribution in [0.3, 0.4) is 0 Å². The van der Waals surface area contributed by atoms with Crippen LogP contribution in [-0.2, 0) is 7.05 Å². The molecule has 3 N–H and O–H groups in total. The Labute approximate surface area is 119 Å². The van der Waals surface area contributed by atoms with Crippen molar-refractivity contribution in [3.8, 4) is 5.75 Å². The van der Waals surface area contributed by atoms with E-state index < -0.39 is 0 Å². The predicted octanol–water partition coefficient (Wildman–Crippen LogP) is 3.27. The largest absolute Gasteiger partial charge is 0.494 e. The van der Waals surface area contributed by atoms with Crippen LogP contribution in [0.2, 0.25) is 0 Å². The number of benzene rings is 1. The maximum Gasteiger partial charge on any atom is 0.152 e. The molecule has 5 heteroatoms. The normalized spacial score (nSPS) is 10.8.